The van der Waals surface area contributed by atoms with Gasteiger partial charge < -0.3 is 14.5 Å². The lowest BCUT2D eigenvalue weighted by Gasteiger charge is -2.34. The number of aromatic nitrogens is 2. The number of carbonyl (C=O) groups is 2. The van der Waals surface area contributed by atoms with Crippen LogP contribution in [0.2, 0.25) is 0 Å². The largest absolute Gasteiger partial charge is 0.374 e. The van der Waals surface area contributed by atoms with Crippen LogP contribution in [0.15, 0.2) is 18.5 Å². The van der Waals surface area contributed by atoms with Gasteiger partial charge in [0.1, 0.15) is 0 Å². The van der Waals surface area contributed by atoms with Gasteiger partial charge in [0.2, 0.25) is 11.8 Å². The average molecular weight is 334 g/mol. The van der Waals surface area contributed by atoms with Crippen molar-refractivity contribution in [3.63, 3.8) is 0 Å². The highest BCUT2D eigenvalue weighted by atomic mass is 16.5. The molecule has 0 N–H and O–H groups in total. The molecule has 0 bridgehead atoms. The van der Waals surface area contributed by atoms with Gasteiger partial charge in [-0.3, -0.25) is 14.3 Å². The van der Waals surface area contributed by atoms with Gasteiger partial charge in [-0.25, -0.2) is 0 Å². The lowest BCUT2D eigenvalue weighted by Crippen LogP contribution is -2.46. The Bertz CT molecular complexity index is 552. The Balaban J connectivity index is 1.56. The first-order valence-corrected chi connectivity index (χ1v) is 8.77. The Morgan fingerprint density at radius 3 is 2.67 bits per heavy atom. The van der Waals surface area contributed by atoms with Gasteiger partial charge >= 0.3 is 0 Å². The Hall–Kier alpha value is -1.89. The van der Waals surface area contributed by atoms with Gasteiger partial charge in [-0.05, 0) is 25.3 Å². The predicted molar refractivity (Wildman–Crippen MR) is 88.1 cm³/mol. The van der Waals surface area contributed by atoms with Crippen molar-refractivity contribution in [3.8, 4) is 0 Å². The number of rotatable bonds is 3. The molecular formula is C17H26N4O3. The minimum Gasteiger partial charge on any atom is -0.374 e. The highest BCUT2D eigenvalue weighted by Gasteiger charge is 2.31. The summed E-state index contributed by atoms with van der Waals surface area (Å²) in [5.41, 5.74) is 0. The molecule has 0 aliphatic carbocycles. The third-order valence-electron chi connectivity index (χ3n) is 4.90. The fourth-order valence-electron chi connectivity index (χ4n) is 3.52. The van der Waals surface area contributed by atoms with Gasteiger partial charge in [0.05, 0.1) is 12.6 Å². The van der Waals surface area contributed by atoms with E-state index in [-0.39, 0.29) is 23.8 Å². The summed E-state index contributed by atoms with van der Waals surface area (Å²) in [5, 5.41) is 4.22. The number of ether oxygens (including phenoxy) is 1. The Labute approximate surface area is 142 Å². The van der Waals surface area contributed by atoms with Gasteiger partial charge in [0.25, 0.3) is 0 Å². The van der Waals surface area contributed by atoms with E-state index < -0.39 is 0 Å². The normalized spacial score (nSPS) is 23.1. The summed E-state index contributed by atoms with van der Waals surface area (Å²) in [5.74, 6) is 0.349. The van der Waals surface area contributed by atoms with E-state index in [1.54, 1.807) is 13.1 Å². The highest BCUT2D eigenvalue weighted by Crippen LogP contribution is 2.21. The van der Waals surface area contributed by atoms with Crippen LogP contribution in [-0.4, -0.2) is 70.3 Å². The second-order valence-corrected chi connectivity index (χ2v) is 6.64. The molecule has 1 unspecified atom stereocenters. The first-order valence-electron chi connectivity index (χ1n) is 8.77. The minimum absolute atomic E-state index is 0.0198. The Morgan fingerprint density at radius 2 is 2.00 bits per heavy atom. The van der Waals surface area contributed by atoms with Gasteiger partial charge in [0.15, 0.2) is 0 Å². The predicted octanol–water partition coefficient (Wildman–Crippen LogP) is 0.759. The second-order valence-electron chi connectivity index (χ2n) is 6.64. The van der Waals surface area contributed by atoms with E-state index in [9.17, 15) is 9.59 Å². The van der Waals surface area contributed by atoms with Crippen molar-refractivity contribution in [3.05, 3.63) is 18.5 Å². The van der Waals surface area contributed by atoms with Crippen molar-refractivity contribution in [1.82, 2.24) is 19.6 Å². The number of hydrogen-bond acceptors (Lipinski definition) is 4. The molecule has 7 nitrogen and oxygen atoms in total. The van der Waals surface area contributed by atoms with Crippen molar-refractivity contribution < 1.29 is 14.3 Å². The number of carbonyl (C=O) groups excluding carboxylic acids is 2. The zero-order chi connectivity index (χ0) is 16.9. The highest BCUT2D eigenvalue weighted by molar-refractivity contribution is 5.79. The minimum atomic E-state index is -0.0198. The SMILES string of the molecule is CC(=O)N1CCC(C(=O)N2CCCOC(Cn3cccn3)C2)CC1. The standard InChI is InChI=1S/C17H26N4O3/c1-14(22)19-9-4-15(5-10-19)17(23)20-7-3-11-24-16(12-20)13-21-8-2-6-18-21/h2,6,8,15-16H,3-5,7,9-13H2,1H3. The van der Waals surface area contributed by atoms with Crippen LogP contribution in [0.5, 0.6) is 0 Å². The van der Waals surface area contributed by atoms with Crippen molar-refractivity contribution in [1.29, 1.82) is 0 Å². The zero-order valence-corrected chi connectivity index (χ0v) is 14.3. The van der Waals surface area contributed by atoms with Crippen molar-refractivity contribution >= 4 is 11.8 Å². The second kappa shape index (κ2) is 7.79. The fraction of sp³-hybridized carbons (Fsp3) is 0.706. The van der Waals surface area contributed by atoms with Crippen LogP contribution in [0.4, 0.5) is 0 Å². The van der Waals surface area contributed by atoms with Gasteiger partial charge in [-0.2, -0.15) is 5.10 Å². The van der Waals surface area contributed by atoms with Crippen LogP contribution in [0.25, 0.3) is 0 Å². The maximum absolute atomic E-state index is 12.9. The molecule has 132 valence electrons. The summed E-state index contributed by atoms with van der Waals surface area (Å²) in [7, 11) is 0. The fourth-order valence-corrected chi connectivity index (χ4v) is 3.52. The number of hydrogen-bond donors (Lipinski definition) is 0. The van der Waals surface area contributed by atoms with E-state index in [2.05, 4.69) is 5.10 Å². The van der Waals surface area contributed by atoms with E-state index in [1.807, 2.05) is 26.7 Å². The molecule has 3 heterocycles. The van der Waals surface area contributed by atoms with Gasteiger partial charge in [-0.1, -0.05) is 0 Å². The summed E-state index contributed by atoms with van der Waals surface area (Å²) in [6.07, 6.45) is 6.04. The van der Waals surface area contributed by atoms with Crippen LogP contribution in [0.3, 0.4) is 0 Å². The van der Waals surface area contributed by atoms with Crippen molar-refractivity contribution in [2.75, 3.05) is 32.8 Å². The number of amides is 2. The summed E-state index contributed by atoms with van der Waals surface area (Å²) < 4.78 is 7.74. The smallest absolute Gasteiger partial charge is 0.225 e. The number of nitrogens with zero attached hydrogens (tertiary/aromatic N) is 4. The molecule has 24 heavy (non-hydrogen) atoms. The van der Waals surface area contributed by atoms with Crippen LogP contribution in [0.1, 0.15) is 26.2 Å². The molecule has 0 aromatic carbocycles. The third-order valence-corrected chi connectivity index (χ3v) is 4.90. The van der Waals surface area contributed by atoms with E-state index in [0.29, 0.717) is 32.8 Å². The Morgan fingerprint density at radius 1 is 1.21 bits per heavy atom. The van der Waals surface area contributed by atoms with Crippen LogP contribution in [-0.2, 0) is 20.9 Å². The Kier molecular flexibility index (Phi) is 5.50. The molecule has 1 atom stereocenters. The van der Waals surface area contributed by atoms with Crippen molar-refractivity contribution in [2.24, 2.45) is 5.92 Å². The summed E-state index contributed by atoms with van der Waals surface area (Å²) in [4.78, 5) is 28.1. The van der Waals surface area contributed by atoms with E-state index in [1.165, 1.54) is 0 Å². The van der Waals surface area contributed by atoms with Gasteiger partial charge in [-0.15, -0.1) is 0 Å². The van der Waals surface area contributed by atoms with E-state index in [4.69, 9.17) is 4.74 Å². The topological polar surface area (TPSA) is 67.7 Å². The number of piperidine rings is 1. The molecule has 2 saturated heterocycles. The summed E-state index contributed by atoms with van der Waals surface area (Å²) in [6.45, 7) is 5.68. The zero-order valence-electron chi connectivity index (χ0n) is 14.3. The molecule has 1 aromatic rings. The maximum atomic E-state index is 12.9. The molecule has 3 rings (SSSR count). The summed E-state index contributed by atoms with van der Waals surface area (Å²) >= 11 is 0. The lowest BCUT2D eigenvalue weighted by molar-refractivity contribution is -0.140. The maximum Gasteiger partial charge on any atom is 0.225 e. The molecule has 7 heteroatoms. The average Bonchev–Trinajstić information content (AvgIpc) is 2.98. The first kappa shape index (κ1) is 17.0. The van der Waals surface area contributed by atoms with E-state index >= 15 is 0 Å². The first-order chi connectivity index (χ1) is 11.6. The molecule has 0 spiro atoms. The van der Waals surface area contributed by atoms with Crippen LogP contribution < -0.4 is 0 Å². The molecule has 2 aliphatic heterocycles. The number of likely N-dealkylation sites (tertiary alicyclic amines) is 1. The molecule has 2 aliphatic rings. The van der Waals surface area contributed by atoms with Crippen LogP contribution in [0, 0.1) is 5.92 Å². The van der Waals surface area contributed by atoms with Crippen LogP contribution >= 0.6 is 0 Å². The molecule has 0 saturated carbocycles. The molecule has 0 radical (unpaired) electrons. The summed E-state index contributed by atoms with van der Waals surface area (Å²) in [6, 6.07) is 1.89. The monoisotopic (exact) mass is 334 g/mol. The molecule has 2 amide bonds. The third kappa shape index (κ3) is 4.14. The molecular weight excluding hydrogens is 308 g/mol. The lowest BCUT2D eigenvalue weighted by atomic mass is 9.95. The van der Waals surface area contributed by atoms with E-state index in [0.717, 1.165) is 25.8 Å². The quantitative estimate of drug-likeness (QED) is 0.818. The molecule has 1 aromatic heterocycles. The van der Waals surface area contributed by atoms with Crippen molar-refractivity contribution in [2.45, 2.75) is 38.8 Å². The molecule has 2 fully saturated rings. The van der Waals surface area contributed by atoms with Gasteiger partial charge in [0, 0.05) is 58.0 Å².